The first-order valence-electron chi connectivity index (χ1n) is 7.75. The molecular weight excluding hydrogens is 230 g/mol. The zero-order valence-electron chi connectivity index (χ0n) is 12.8. The molecule has 0 amide bonds. The molecule has 0 bridgehead atoms. The van der Waals surface area contributed by atoms with Crippen molar-refractivity contribution in [2.45, 2.75) is 76.7 Å². The Morgan fingerprint density at radius 2 is 1.58 bits per heavy atom. The fraction of sp³-hybridized carbons (Fsp3) is 0.667. The molecule has 19 heavy (non-hydrogen) atoms. The summed E-state index contributed by atoms with van der Waals surface area (Å²) >= 11 is 0. The van der Waals surface area contributed by atoms with Gasteiger partial charge in [-0.1, -0.05) is 39.8 Å². The van der Waals surface area contributed by atoms with E-state index in [1.807, 2.05) is 0 Å². The second-order valence-corrected chi connectivity index (χ2v) is 7.86. The van der Waals surface area contributed by atoms with Crippen LogP contribution in [0.15, 0.2) is 12.1 Å². The minimum absolute atomic E-state index is 0.259. The molecule has 2 aliphatic rings. The van der Waals surface area contributed by atoms with Gasteiger partial charge in [-0.25, -0.2) is 0 Å². The molecule has 0 saturated heterocycles. The van der Waals surface area contributed by atoms with Crippen LogP contribution in [0, 0.1) is 0 Å². The maximum absolute atomic E-state index is 6.34. The maximum atomic E-state index is 6.34. The third kappa shape index (κ3) is 2.03. The molecule has 0 heterocycles. The minimum atomic E-state index is 0.259. The van der Waals surface area contributed by atoms with Gasteiger partial charge in [0.25, 0.3) is 0 Å². The van der Waals surface area contributed by atoms with Crippen LogP contribution in [0.25, 0.3) is 0 Å². The first kappa shape index (κ1) is 13.2. The fourth-order valence-corrected chi connectivity index (χ4v) is 3.91. The van der Waals surface area contributed by atoms with E-state index < -0.39 is 0 Å². The van der Waals surface area contributed by atoms with Crippen LogP contribution < -0.4 is 5.73 Å². The number of fused-ring (bicyclic) bond motifs is 2. The molecule has 104 valence electrons. The molecule has 0 radical (unpaired) electrons. The van der Waals surface area contributed by atoms with Crippen LogP contribution >= 0.6 is 0 Å². The summed E-state index contributed by atoms with van der Waals surface area (Å²) in [6.07, 6.45) is 6.18. The Balaban J connectivity index is 2.22. The number of rotatable bonds is 0. The van der Waals surface area contributed by atoms with Crippen molar-refractivity contribution in [1.29, 1.82) is 0 Å². The molecule has 2 N–H and O–H groups in total. The number of benzene rings is 1. The molecule has 1 atom stereocenters. The van der Waals surface area contributed by atoms with Crippen LogP contribution in [0.1, 0.15) is 81.7 Å². The Bertz CT molecular complexity index is 511. The van der Waals surface area contributed by atoms with E-state index in [9.17, 15) is 0 Å². The van der Waals surface area contributed by atoms with E-state index in [-0.39, 0.29) is 6.04 Å². The van der Waals surface area contributed by atoms with E-state index in [1.165, 1.54) is 36.8 Å². The Kier molecular flexibility index (Phi) is 2.83. The van der Waals surface area contributed by atoms with Gasteiger partial charge >= 0.3 is 0 Å². The third-order valence-electron chi connectivity index (χ3n) is 5.47. The van der Waals surface area contributed by atoms with Crippen LogP contribution in [0.4, 0.5) is 0 Å². The lowest BCUT2D eigenvalue weighted by Gasteiger charge is -2.43. The minimum Gasteiger partial charge on any atom is -0.324 e. The third-order valence-corrected chi connectivity index (χ3v) is 5.47. The number of hydrogen-bond acceptors (Lipinski definition) is 1. The van der Waals surface area contributed by atoms with Crippen molar-refractivity contribution < 1.29 is 0 Å². The van der Waals surface area contributed by atoms with Gasteiger partial charge in [0, 0.05) is 6.04 Å². The summed E-state index contributed by atoms with van der Waals surface area (Å²) in [4.78, 5) is 0. The molecule has 0 spiro atoms. The summed E-state index contributed by atoms with van der Waals surface area (Å²) in [5.41, 5.74) is 13.0. The van der Waals surface area contributed by atoms with Crippen LogP contribution in [-0.2, 0) is 17.3 Å². The van der Waals surface area contributed by atoms with Gasteiger partial charge in [0.05, 0.1) is 0 Å². The lowest BCUT2D eigenvalue weighted by molar-refractivity contribution is 0.330. The van der Waals surface area contributed by atoms with Crippen molar-refractivity contribution >= 4 is 0 Å². The summed E-state index contributed by atoms with van der Waals surface area (Å²) < 4.78 is 0. The van der Waals surface area contributed by atoms with Gasteiger partial charge in [0.1, 0.15) is 0 Å². The average molecular weight is 257 g/mol. The van der Waals surface area contributed by atoms with Crippen molar-refractivity contribution in [3.05, 3.63) is 34.4 Å². The summed E-state index contributed by atoms with van der Waals surface area (Å²) in [5, 5.41) is 0. The molecule has 0 aromatic heterocycles. The maximum Gasteiger partial charge on any atom is 0.0297 e. The summed E-state index contributed by atoms with van der Waals surface area (Å²) in [6.45, 7) is 9.58. The SMILES string of the molecule is CC1(C)CCC(C)(C)c2cc3c(cc21)CCCC3N. The zero-order valence-corrected chi connectivity index (χ0v) is 12.8. The molecule has 1 nitrogen and oxygen atoms in total. The molecule has 1 heteroatoms. The topological polar surface area (TPSA) is 26.0 Å². The Morgan fingerprint density at radius 1 is 1.00 bits per heavy atom. The van der Waals surface area contributed by atoms with E-state index in [0.29, 0.717) is 10.8 Å². The van der Waals surface area contributed by atoms with Gasteiger partial charge in [-0.3, -0.25) is 0 Å². The largest absolute Gasteiger partial charge is 0.324 e. The highest BCUT2D eigenvalue weighted by molar-refractivity contribution is 5.48. The fourth-order valence-electron chi connectivity index (χ4n) is 3.91. The standard InChI is InChI=1S/C18H27N/c1-17(2)8-9-18(3,4)15-11-13-12(10-14(15)17)6-5-7-16(13)19/h10-11,16H,5-9,19H2,1-4H3. The van der Waals surface area contributed by atoms with Crippen molar-refractivity contribution in [3.8, 4) is 0 Å². The highest BCUT2D eigenvalue weighted by Crippen LogP contribution is 2.47. The molecular formula is C18H27N. The highest BCUT2D eigenvalue weighted by Gasteiger charge is 2.38. The van der Waals surface area contributed by atoms with Gasteiger partial charge in [-0.05, 0) is 65.2 Å². The molecule has 1 aromatic rings. The van der Waals surface area contributed by atoms with E-state index in [0.717, 1.165) is 6.42 Å². The van der Waals surface area contributed by atoms with E-state index in [1.54, 1.807) is 11.1 Å². The van der Waals surface area contributed by atoms with E-state index >= 15 is 0 Å². The molecule has 2 aliphatic carbocycles. The van der Waals surface area contributed by atoms with Crippen LogP contribution in [0.3, 0.4) is 0 Å². The van der Waals surface area contributed by atoms with E-state index in [2.05, 4.69) is 39.8 Å². The second kappa shape index (κ2) is 4.09. The first-order valence-corrected chi connectivity index (χ1v) is 7.75. The second-order valence-electron chi connectivity index (χ2n) is 7.86. The lowest BCUT2D eigenvalue weighted by Crippen LogP contribution is -2.35. The molecule has 0 aliphatic heterocycles. The lowest BCUT2D eigenvalue weighted by atomic mass is 9.62. The van der Waals surface area contributed by atoms with Crippen molar-refractivity contribution in [2.75, 3.05) is 0 Å². The number of aryl methyl sites for hydroxylation is 1. The van der Waals surface area contributed by atoms with Crippen LogP contribution in [0.2, 0.25) is 0 Å². The van der Waals surface area contributed by atoms with E-state index in [4.69, 9.17) is 5.73 Å². The van der Waals surface area contributed by atoms with Gasteiger partial charge in [-0.2, -0.15) is 0 Å². The van der Waals surface area contributed by atoms with Crippen LogP contribution in [0.5, 0.6) is 0 Å². The Hall–Kier alpha value is -0.820. The smallest absolute Gasteiger partial charge is 0.0297 e. The molecule has 1 aromatic carbocycles. The summed E-state index contributed by atoms with van der Waals surface area (Å²) in [7, 11) is 0. The Morgan fingerprint density at radius 3 is 2.21 bits per heavy atom. The molecule has 3 rings (SSSR count). The van der Waals surface area contributed by atoms with Gasteiger partial charge in [0.2, 0.25) is 0 Å². The zero-order chi connectivity index (χ0) is 13.8. The summed E-state index contributed by atoms with van der Waals surface area (Å²) in [6, 6.07) is 5.20. The summed E-state index contributed by atoms with van der Waals surface area (Å²) in [5.74, 6) is 0. The number of hydrogen-bond donors (Lipinski definition) is 1. The van der Waals surface area contributed by atoms with Gasteiger partial charge in [-0.15, -0.1) is 0 Å². The predicted octanol–water partition coefficient (Wildman–Crippen LogP) is 4.37. The van der Waals surface area contributed by atoms with Crippen molar-refractivity contribution in [3.63, 3.8) is 0 Å². The Labute approximate surface area is 117 Å². The quantitative estimate of drug-likeness (QED) is 0.733. The van der Waals surface area contributed by atoms with Gasteiger partial charge < -0.3 is 5.73 Å². The normalized spacial score (nSPS) is 27.5. The number of nitrogens with two attached hydrogens (primary N) is 1. The van der Waals surface area contributed by atoms with Gasteiger partial charge in [0.15, 0.2) is 0 Å². The van der Waals surface area contributed by atoms with Crippen LogP contribution in [-0.4, -0.2) is 0 Å². The van der Waals surface area contributed by atoms with Crippen molar-refractivity contribution in [2.24, 2.45) is 5.73 Å². The predicted molar refractivity (Wildman–Crippen MR) is 81.6 cm³/mol. The highest BCUT2D eigenvalue weighted by atomic mass is 14.6. The molecule has 0 fully saturated rings. The average Bonchev–Trinajstić information content (AvgIpc) is 2.35. The monoisotopic (exact) mass is 257 g/mol. The first-order chi connectivity index (χ1) is 8.81. The molecule has 0 saturated carbocycles. The van der Waals surface area contributed by atoms with Crippen molar-refractivity contribution in [1.82, 2.24) is 0 Å². The molecule has 1 unspecified atom stereocenters.